The van der Waals surface area contributed by atoms with Crippen LogP contribution in [0.5, 0.6) is 0 Å². The third-order valence-electron chi connectivity index (χ3n) is 4.09. The normalized spacial score (nSPS) is 22.7. The molecule has 0 amide bonds. The van der Waals surface area contributed by atoms with Crippen LogP contribution in [0, 0.1) is 13.8 Å². The van der Waals surface area contributed by atoms with E-state index in [-0.39, 0.29) is 12.2 Å². The Balaban J connectivity index is 2.21. The summed E-state index contributed by atoms with van der Waals surface area (Å²) in [5, 5.41) is 18.7. The van der Waals surface area contributed by atoms with Gasteiger partial charge in [0.05, 0.1) is 18.1 Å². The maximum atomic E-state index is 12.7. The zero-order valence-electron chi connectivity index (χ0n) is 11.8. The fourth-order valence-corrected chi connectivity index (χ4v) is 3.10. The molecular weight excluding hydrogens is 338 g/mol. The highest BCUT2D eigenvalue weighted by Crippen LogP contribution is 2.26. The van der Waals surface area contributed by atoms with Gasteiger partial charge in [0.2, 0.25) is 0 Å². The summed E-state index contributed by atoms with van der Waals surface area (Å²) < 4.78 is 7.45. The highest BCUT2D eigenvalue weighted by molar-refractivity contribution is 9.10. The lowest BCUT2D eigenvalue weighted by Gasteiger charge is -2.27. The van der Waals surface area contributed by atoms with Crippen LogP contribution in [0.3, 0.4) is 0 Å². The quantitative estimate of drug-likeness (QED) is 0.840. The highest BCUT2D eigenvalue weighted by Gasteiger charge is 2.28. The Morgan fingerprint density at radius 1 is 1.43 bits per heavy atom. The van der Waals surface area contributed by atoms with Crippen LogP contribution in [0.2, 0.25) is 0 Å². The van der Waals surface area contributed by atoms with E-state index in [4.69, 9.17) is 4.74 Å². The molecule has 112 valence electrons. The van der Waals surface area contributed by atoms with Crippen molar-refractivity contribution in [3.63, 3.8) is 0 Å². The van der Waals surface area contributed by atoms with Crippen LogP contribution in [0.15, 0.2) is 15.3 Å². The predicted octanol–water partition coefficient (Wildman–Crippen LogP) is 1.49. The first-order chi connectivity index (χ1) is 10.0. The summed E-state index contributed by atoms with van der Waals surface area (Å²) in [5.74, 6) is 0. The van der Waals surface area contributed by atoms with E-state index in [1.54, 1.807) is 6.07 Å². The lowest BCUT2D eigenvalue weighted by Crippen LogP contribution is -2.41. The van der Waals surface area contributed by atoms with Crippen LogP contribution in [0.25, 0.3) is 10.9 Å². The molecule has 2 atom stereocenters. The van der Waals surface area contributed by atoms with Gasteiger partial charge in [-0.25, -0.2) is 4.68 Å². The number of aryl methyl sites for hydroxylation is 1. The molecule has 0 aliphatic carbocycles. The highest BCUT2D eigenvalue weighted by atomic mass is 79.9. The van der Waals surface area contributed by atoms with Crippen molar-refractivity contribution >= 4 is 26.8 Å². The first-order valence-corrected chi connectivity index (χ1v) is 7.60. The summed E-state index contributed by atoms with van der Waals surface area (Å²) in [6.45, 7) is 4.65. The Labute approximate surface area is 129 Å². The molecule has 0 saturated carbocycles. The third kappa shape index (κ3) is 2.39. The number of rotatable bonds is 1. The topological polar surface area (TPSA) is 77.2 Å². The van der Waals surface area contributed by atoms with Gasteiger partial charge >= 0.3 is 0 Å². The molecule has 1 saturated heterocycles. The molecule has 1 aliphatic heterocycles. The minimum Gasteiger partial charge on any atom is -0.391 e. The zero-order valence-corrected chi connectivity index (χ0v) is 13.4. The Hall–Kier alpha value is -1.31. The number of halogens is 1. The van der Waals surface area contributed by atoms with Crippen molar-refractivity contribution in [2.24, 2.45) is 0 Å². The predicted molar refractivity (Wildman–Crippen MR) is 81.5 cm³/mol. The Morgan fingerprint density at radius 2 is 2.19 bits per heavy atom. The molecule has 2 aromatic rings. The third-order valence-corrected chi connectivity index (χ3v) is 4.91. The molecule has 1 N–H and O–H groups in total. The lowest BCUT2D eigenvalue weighted by atomic mass is 10.1. The number of benzene rings is 1. The number of fused-ring (bicyclic) bond motifs is 1. The van der Waals surface area contributed by atoms with Crippen molar-refractivity contribution in [1.29, 1.82) is 0 Å². The number of hydrogen-bond acceptors (Lipinski definition) is 5. The summed E-state index contributed by atoms with van der Waals surface area (Å²) in [6.07, 6.45) is -0.147. The Morgan fingerprint density at radius 3 is 2.90 bits per heavy atom. The molecule has 7 heteroatoms. The number of ether oxygens (including phenoxy) is 1. The number of hydrogen-bond donors (Lipinski definition) is 1. The SMILES string of the molecule is Cc1c(Br)cc2c(=O)n([C@H]3COCC[C@@H]3O)nnc2c1C. The second kappa shape index (κ2) is 5.47. The molecule has 6 nitrogen and oxygen atoms in total. The Bertz CT molecular complexity index is 759. The minimum atomic E-state index is -0.641. The van der Waals surface area contributed by atoms with Crippen LogP contribution in [-0.2, 0) is 4.74 Å². The molecule has 21 heavy (non-hydrogen) atoms. The van der Waals surface area contributed by atoms with Gasteiger partial charge in [0.25, 0.3) is 5.56 Å². The van der Waals surface area contributed by atoms with Crippen molar-refractivity contribution in [2.45, 2.75) is 32.4 Å². The Kier molecular flexibility index (Phi) is 3.81. The van der Waals surface area contributed by atoms with Crippen LogP contribution in [-0.4, -0.2) is 39.4 Å². The fraction of sp³-hybridized carbons (Fsp3) is 0.500. The van der Waals surface area contributed by atoms with Crippen LogP contribution in [0.4, 0.5) is 0 Å². The van der Waals surface area contributed by atoms with Gasteiger partial charge in [-0.05, 0) is 37.5 Å². The molecule has 0 spiro atoms. The number of aliphatic hydroxyl groups is 1. The molecule has 0 unspecified atom stereocenters. The van der Waals surface area contributed by atoms with E-state index in [1.807, 2.05) is 13.8 Å². The summed E-state index contributed by atoms with van der Waals surface area (Å²) >= 11 is 3.46. The van der Waals surface area contributed by atoms with E-state index in [1.165, 1.54) is 4.68 Å². The van der Waals surface area contributed by atoms with Gasteiger partial charge in [0.1, 0.15) is 11.6 Å². The van der Waals surface area contributed by atoms with E-state index in [0.717, 1.165) is 15.6 Å². The van der Waals surface area contributed by atoms with Gasteiger partial charge in [-0.15, -0.1) is 5.10 Å². The van der Waals surface area contributed by atoms with E-state index in [9.17, 15) is 9.90 Å². The summed E-state index contributed by atoms with van der Waals surface area (Å²) in [4.78, 5) is 12.7. The number of aromatic nitrogens is 3. The van der Waals surface area contributed by atoms with Crippen LogP contribution in [0.1, 0.15) is 23.6 Å². The van der Waals surface area contributed by atoms with Gasteiger partial charge in [0.15, 0.2) is 0 Å². The molecule has 1 aromatic carbocycles. The first kappa shape index (κ1) is 14.6. The van der Waals surface area contributed by atoms with Crippen molar-refractivity contribution in [3.8, 4) is 0 Å². The molecular formula is C14H16BrN3O3. The lowest BCUT2D eigenvalue weighted by molar-refractivity contribution is -0.0352. The van der Waals surface area contributed by atoms with Gasteiger partial charge in [-0.2, -0.15) is 0 Å². The largest absolute Gasteiger partial charge is 0.391 e. The smallest absolute Gasteiger partial charge is 0.278 e. The zero-order chi connectivity index (χ0) is 15.1. The maximum absolute atomic E-state index is 12.7. The van der Waals surface area contributed by atoms with Gasteiger partial charge < -0.3 is 9.84 Å². The molecule has 1 fully saturated rings. The second-order valence-electron chi connectivity index (χ2n) is 5.34. The van der Waals surface area contributed by atoms with Crippen molar-refractivity contribution in [2.75, 3.05) is 13.2 Å². The average Bonchev–Trinajstić information content (AvgIpc) is 2.47. The number of aliphatic hydroxyl groups excluding tert-OH is 1. The summed E-state index contributed by atoms with van der Waals surface area (Å²) in [6, 6.07) is 1.28. The molecule has 1 aromatic heterocycles. The molecule has 3 rings (SSSR count). The fourth-order valence-electron chi connectivity index (χ4n) is 2.57. The standard InChI is InChI=1S/C14H16BrN3O3/c1-7-8(2)13-9(5-10(7)15)14(20)18(17-16-13)11-6-21-4-3-12(11)19/h5,11-12,19H,3-4,6H2,1-2H3/t11-,12-/m0/s1. The average molecular weight is 354 g/mol. The van der Waals surface area contributed by atoms with Crippen LogP contribution < -0.4 is 5.56 Å². The van der Waals surface area contributed by atoms with E-state index >= 15 is 0 Å². The van der Waals surface area contributed by atoms with Gasteiger partial charge in [-0.3, -0.25) is 4.79 Å². The van der Waals surface area contributed by atoms with Crippen molar-refractivity contribution in [1.82, 2.24) is 15.0 Å². The molecule has 2 heterocycles. The minimum absolute atomic E-state index is 0.252. The molecule has 0 radical (unpaired) electrons. The second-order valence-corrected chi connectivity index (χ2v) is 6.20. The van der Waals surface area contributed by atoms with Crippen molar-refractivity contribution < 1.29 is 9.84 Å². The summed E-state index contributed by atoms with van der Waals surface area (Å²) in [5.41, 5.74) is 2.31. The monoisotopic (exact) mass is 353 g/mol. The van der Waals surface area contributed by atoms with Gasteiger partial charge in [-0.1, -0.05) is 21.1 Å². The van der Waals surface area contributed by atoms with Gasteiger partial charge in [0, 0.05) is 11.1 Å². The van der Waals surface area contributed by atoms with E-state index in [2.05, 4.69) is 26.2 Å². The number of nitrogens with zero attached hydrogens (tertiary/aromatic N) is 3. The van der Waals surface area contributed by atoms with Crippen molar-refractivity contribution in [3.05, 3.63) is 32.0 Å². The molecule has 1 aliphatic rings. The summed E-state index contributed by atoms with van der Waals surface area (Å²) in [7, 11) is 0. The first-order valence-electron chi connectivity index (χ1n) is 6.81. The van der Waals surface area contributed by atoms with Crippen LogP contribution >= 0.6 is 15.9 Å². The van der Waals surface area contributed by atoms with E-state index < -0.39 is 12.1 Å². The maximum Gasteiger partial charge on any atom is 0.278 e. The molecule has 0 bridgehead atoms. The van der Waals surface area contributed by atoms with E-state index in [0.29, 0.717) is 23.9 Å².